The van der Waals surface area contributed by atoms with Crippen LogP contribution < -0.4 is 9.62 Å². The summed E-state index contributed by atoms with van der Waals surface area (Å²) in [4.78, 5) is 28.3. The summed E-state index contributed by atoms with van der Waals surface area (Å²) in [5.74, 6) is -1.29. The van der Waals surface area contributed by atoms with E-state index in [0.29, 0.717) is 22.0 Å². The van der Waals surface area contributed by atoms with E-state index in [1.54, 1.807) is 25.1 Å². The average Bonchev–Trinajstić information content (AvgIpc) is 3.36. The molecule has 0 aromatic heterocycles. The van der Waals surface area contributed by atoms with E-state index in [1.165, 1.54) is 0 Å². The lowest BCUT2D eigenvalue weighted by atomic mass is 10.1. The van der Waals surface area contributed by atoms with Crippen LogP contribution in [0.3, 0.4) is 0 Å². The Bertz CT molecular complexity index is 1330. The first kappa shape index (κ1) is 32.3. The monoisotopic (exact) mass is 641 g/mol. The molecular weight excluding hydrogens is 614 g/mol. The van der Waals surface area contributed by atoms with Gasteiger partial charge in [-0.3, -0.25) is 13.9 Å². The van der Waals surface area contributed by atoms with E-state index in [-0.39, 0.29) is 34.1 Å². The van der Waals surface area contributed by atoms with Gasteiger partial charge in [-0.1, -0.05) is 60.6 Å². The first-order chi connectivity index (χ1) is 18.6. The summed E-state index contributed by atoms with van der Waals surface area (Å²) in [5.41, 5.74) is -1.34. The highest BCUT2D eigenvalue weighted by atomic mass is 35.5. The van der Waals surface area contributed by atoms with Gasteiger partial charge in [0.1, 0.15) is 12.6 Å². The Labute approximate surface area is 246 Å². The Balaban J connectivity index is 2.04. The van der Waals surface area contributed by atoms with Gasteiger partial charge in [0.25, 0.3) is 0 Å². The number of amides is 2. The number of carbonyl (C=O) groups is 2. The van der Waals surface area contributed by atoms with Crippen LogP contribution in [0.5, 0.6) is 0 Å². The van der Waals surface area contributed by atoms with Crippen molar-refractivity contribution in [1.82, 2.24) is 10.2 Å². The normalized spacial score (nSPS) is 15.1. The Morgan fingerprint density at radius 3 is 2.17 bits per heavy atom. The first-order valence-electron chi connectivity index (χ1n) is 12.5. The zero-order chi connectivity index (χ0) is 29.8. The number of rotatable bonds is 10. The van der Waals surface area contributed by atoms with Crippen LogP contribution in [0.15, 0.2) is 36.4 Å². The fourth-order valence-electron chi connectivity index (χ4n) is 4.62. The molecule has 0 radical (unpaired) electrons. The van der Waals surface area contributed by atoms with Gasteiger partial charge in [0.2, 0.25) is 21.8 Å². The summed E-state index contributed by atoms with van der Waals surface area (Å²) in [6.45, 7) is 0.516. The third-order valence-electron chi connectivity index (χ3n) is 6.70. The van der Waals surface area contributed by atoms with Gasteiger partial charge in [-0.15, -0.1) is 0 Å². The van der Waals surface area contributed by atoms with Gasteiger partial charge < -0.3 is 10.2 Å². The Morgan fingerprint density at radius 1 is 1.05 bits per heavy atom. The second-order valence-corrected chi connectivity index (χ2v) is 12.7. The average molecular weight is 643 g/mol. The van der Waals surface area contributed by atoms with Gasteiger partial charge in [0, 0.05) is 28.2 Å². The first-order valence-corrected chi connectivity index (χ1v) is 15.5. The molecule has 1 N–H and O–H groups in total. The molecule has 7 nitrogen and oxygen atoms in total. The predicted octanol–water partition coefficient (Wildman–Crippen LogP) is 6.30. The van der Waals surface area contributed by atoms with Crippen LogP contribution in [-0.4, -0.2) is 50.0 Å². The smallest absolute Gasteiger partial charge is 0.352 e. The zero-order valence-corrected chi connectivity index (χ0v) is 24.9. The van der Waals surface area contributed by atoms with Crippen LogP contribution in [0.2, 0.25) is 15.1 Å². The Kier molecular flexibility index (Phi) is 10.6. The van der Waals surface area contributed by atoms with Crippen molar-refractivity contribution in [2.24, 2.45) is 0 Å². The summed E-state index contributed by atoms with van der Waals surface area (Å²) in [6.07, 6.45) is -0.372. The van der Waals surface area contributed by atoms with E-state index in [9.17, 15) is 31.2 Å². The van der Waals surface area contributed by atoms with Crippen molar-refractivity contribution in [3.05, 3.63) is 62.6 Å². The minimum absolute atomic E-state index is 0.0566. The molecule has 1 aliphatic rings. The maximum Gasteiger partial charge on any atom is 0.416 e. The predicted molar refractivity (Wildman–Crippen MR) is 150 cm³/mol. The van der Waals surface area contributed by atoms with Crippen molar-refractivity contribution in [2.45, 2.75) is 63.8 Å². The fraction of sp³-hybridized carbons (Fsp3) is 0.462. The van der Waals surface area contributed by atoms with E-state index in [2.05, 4.69) is 5.32 Å². The molecule has 0 heterocycles. The molecule has 2 aromatic carbocycles. The van der Waals surface area contributed by atoms with Gasteiger partial charge in [-0.25, -0.2) is 8.42 Å². The van der Waals surface area contributed by atoms with Gasteiger partial charge in [0.05, 0.1) is 22.5 Å². The second kappa shape index (κ2) is 13.2. The third-order valence-corrected chi connectivity index (χ3v) is 8.85. The number of benzene rings is 2. The van der Waals surface area contributed by atoms with E-state index >= 15 is 0 Å². The maximum absolute atomic E-state index is 13.8. The van der Waals surface area contributed by atoms with Crippen molar-refractivity contribution < 1.29 is 31.2 Å². The number of hydrogen-bond acceptors (Lipinski definition) is 4. The van der Waals surface area contributed by atoms with Crippen LogP contribution in [0.25, 0.3) is 0 Å². The number of alkyl halides is 3. The summed E-state index contributed by atoms with van der Waals surface area (Å²) < 4.78 is 66.3. The summed E-state index contributed by atoms with van der Waals surface area (Å²) in [5, 5.41) is 3.08. The maximum atomic E-state index is 13.8. The number of sulfonamides is 1. The molecule has 1 saturated carbocycles. The van der Waals surface area contributed by atoms with E-state index in [4.69, 9.17) is 34.8 Å². The lowest BCUT2D eigenvalue weighted by molar-refractivity contribution is -0.140. The van der Waals surface area contributed by atoms with Crippen molar-refractivity contribution in [3.8, 4) is 0 Å². The second-order valence-electron chi connectivity index (χ2n) is 9.57. The van der Waals surface area contributed by atoms with E-state index < -0.39 is 51.9 Å². The number of hydrogen-bond donors (Lipinski definition) is 1. The molecule has 0 bridgehead atoms. The van der Waals surface area contributed by atoms with Crippen LogP contribution in [0.1, 0.15) is 50.2 Å². The number of carbonyl (C=O) groups excluding carboxylic acids is 2. The highest BCUT2D eigenvalue weighted by Gasteiger charge is 2.36. The van der Waals surface area contributed by atoms with Crippen molar-refractivity contribution >= 4 is 62.3 Å². The van der Waals surface area contributed by atoms with E-state index in [0.717, 1.165) is 42.9 Å². The Hall–Kier alpha value is -2.21. The molecule has 40 heavy (non-hydrogen) atoms. The molecule has 1 fully saturated rings. The standard InChI is InChI=1S/C26H29Cl3F3N3O4S/c1-3-22(25(37)33-17-7-4-5-8-17)34(14-18-19(27)9-6-10-20(18)28)24(36)15-35(40(2,38)39)23-13-16(26(30,31)32)11-12-21(23)29/h6,9-13,17,22H,3-5,7-8,14-15H2,1-2H3,(H,33,37). The number of halogens is 6. The van der Waals surface area contributed by atoms with Crippen LogP contribution in [0, 0.1) is 0 Å². The van der Waals surface area contributed by atoms with Gasteiger partial charge in [0.15, 0.2) is 0 Å². The Morgan fingerprint density at radius 2 is 1.65 bits per heavy atom. The highest BCUT2D eigenvalue weighted by Crippen LogP contribution is 2.36. The highest BCUT2D eigenvalue weighted by molar-refractivity contribution is 7.92. The number of nitrogens with zero attached hydrogens (tertiary/aromatic N) is 2. The molecule has 220 valence electrons. The molecule has 1 atom stereocenters. The summed E-state index contributed by atoms with van der Waals surface area (Å²) in [6, 6.07) is 5.79. The zero-order valence-electron chi connectivity index (χ0n) is 21.8. The topological polar surface area (TPSA) is 86.8 Å². The number of nitrogens with one attached hydrogen (secondary N) is 1. The molecule has 3 rings (SSSR count). The molecule has 1 aliphatic carbocycles. The number of anilines is 1. The molecule has 0 aliphatic heterocycles. The lowest BCUT2D eigenvalue weighted by Crippen LogP contribution is -2.53. The molecule has 0 spiro atoms. The quantitative estimate of drug-likeness (QED) is 0.330. The summed E-state index contributed by atoms with van der Waals surface area (Å²) in [7, 11) is -4.31. The minimum Gasteiger partial charge on any atom is -0.352 e. The summed E-state index contributed by atoms with van der Waals surface area (Å²) >= 11 is 18.8. The van der Waals surface area contributed by atoms with Crippen molar-refractivity contribution in [1.29, 1.82) is 0 Å². The lowest BCUT2D eigenvalue weighted by Gasteiger charge is -2.34. The molecule has 0 saturated heterocycles. The largest absolute Gasteiger partial charge is 0.416 e. The van der Waals surface area contributed by atoms with Crippen molar-refractivity contribution in [2.75, 3.05) is 17.1 Å². The van der Waals surface area contributed by atoms with Gasteiger partial charge >= 0.3 is 6.18 Å². The van der Waals surface area contributed by atoms with Gasteiger partial charge in [-0.2, -0.15) is 13.2 Å². The van der Waals surface area contributed by atoms with Crippen LogP contribution in [-0.2, 0) is 32.3 Å². The third kappa shape index (κ3) is 7.96. The molecule has 14 heteroatoms. The van der Waals surface area contributed by atoms with Crippen LogP contribution >= 0.6 is 34.8 Å². The van der Waals surface area contributed by atoms with Crippen molar-refractivity contribution in [3.63, 3.8) is 0 Å². The molecule has 2 aromatic rings. The molecule has 1 unspecified atom stereocenters. The molecule has 2 amide bonds. The SMILES string of the molecule is CCC(C(=O)NC1CCCC1)N(Cc1c(Cl)cccc1Cl)C(=O)CN(c1cc(C(F)(F)F)ccc1Cl)S(C)(=O)=O. The minimum atomic E-state index is -4.79. The molecular formula is C26H29Cl3F3N3O4S. The van der Waals surface area contributed by atoms with Gasteiger partial charge in [-0.05, 0) is 49.6 Å². The van der Waals surface area contributed by atoms with Crippen LogP contribution in [0.4, 0.5) is 18.9 Å². The van der Waals surface area contributed by atoms with E-state index in [1.807, 2.05) is 0 Å². The fourth-order valence-corrected chi connectivity index (χ4v) is 6.26.